The molecule has 2 aromatic carbocycles. The fraction of sp³-hybridized carbons (Fsp3) is 0.182. The molecule has 4 rings (SSSR count). The van der Waals surface area contributed by atoms with Crippen LogP contribution in [-0.4, -0.2) is 0 Å². The maximum Gasteiger partial charge on any atom is 0.132 e. The highest BCUT2D eigenvalue weighted by Gasteiger charge is 2.40. The third-order valence-electron chi connectivity index (χ3n) is 5.07. The van der Waals surface area contributed by atoms with Gasteiger partial charge in [0, 0.05) is 26.3 Å². The zero-order valence-electron chi connectivity index (χ0n) is 14.2. The van der Waals surface area contributed by atoms with Crippen molar-refractivity contribution in [1.29, 1.82) is 0 Å². The third kappa shape index (κ3) is 2.76. The second-order valence-electron chi connectivity index (χ2n) is 6.81. The van der Waals surface area contributed by atoms with Gasteiger partial charge in [-0.05, 0) is 42.7 Å². The minimum atomic E-state index is -0.295. The lowest BCUT2D eigenvalue weighted by Gasteiger charge is -2.39. The van der Waals surface area contributed by atoms with E-state index in [0.717, 1.165) is 32.4 Å². The highest BCUT2D eigenvalue weighted by atomic mass is 32.1. The molecule has 2 aromatic rings. The van der Waals surface area contributed by atoms with Gasteiger partial charge in [0.05, 0.1) is 0 Å². The molecule has 0 N–H and O–H groups in total. The minimum absolute atomic E-state index is 0.295. The van der Waals surface area contributed by atoms with E-state index in [2.05, 4.69) is 81.6 Å². The van der Waals surface area contributed by atoms with E-state index >= 15 is 0 Å². The molecular weight excluding hydrogens is 344 g/mol. The van der Waals surface area contributed by atoms with Crippen molar-refractivity contribution < 1.29 is 4.74 Å². The van der Waals surface area contributed by atoms with Crippen molar-refractivity contribution in [2.45, 2.75) is 29.1 Å². The van der Waals surface area contributed by atoms with Crippen LogP contribution >= 0.6 is 25.3 Å². The van der Waals surface area contributed by atoms with E-state index in [9.17, 15) is 0 Å². The van der Waals surface area contributed by atoms with E-state index in [4.69, 9.17) is 4.74 Å². The van der Waals surface area contributed by atoms with Crippen molar-refractivity contribution in [2.24, 2.45) is 5.92 Å². The summed E-state index contributed by atoms with van der Waals surface area (Å²) in [7, 11) is 0. The lowest BCUT2D eigenvalue weighted by Crippen LogP contribution is -2.29. The van der Waals surface area contributed by atoms with Crippen molar-refractivity contribution in [1.82, 2.24) is 0 Å². The number of hydrogen-bond donors (Lipinski definition) is 2. The highest BCUT2D eigenvalue weighted by Crippen LogP contribution is 2.53. The predicted octanol–water partition coefficient (Wildman–Crippen LogP) is 6.36. The van der Waals surface area contributed by atoms with Crippen LogP contribution in [0.1, 0.15) is 25.0 Å². The Morgan fingerprint density at radius 1 is 0.920 bits per heavy atom. The Kier molecular flexibility index (Phi) is 4.09. The van der Waals surface area contributed by atoms with Crippen molar-refractivity contribution in [2.75, 3.05) is 0 Å². The van der Waals surface area contributed by atoms with Crippen LogP contribution in [0.15, 0.2) is 82.1 Å². The molecule has 1 aliphatic heterocycles. The molecule has 1 atom stereocenters. The molecule has 1 nitrogen and oxygen atoms in total. The van der Waals surface area contributed by atoms with Gasteiger partial charge < -0.3 is 4.74 Å². The number of thiol groups is 2. The Morgan fingerprint density at radius 2 is 1.52 bits per heavy atom. The Bertz CT molecular complexity index is 886. The normalized spacial score (nSPS) is 20.2. The lowest BCUT2D eigenvalue weighted by atomic mass is 9.68. The number of benzene rings is 2. The molecule has 0 spiro atoms. The molecular formula is C22H20OS2. The topological polar surface area (TPSA) is 9.23 Å². The highest BCUT2D eigenvalue weighted by molar-refractivity contribution is 7.80. The lowest BCUT2D eigenvalue weighted by molar-refractivity contribution is 0.424. The third-order valence-corrected chi connectivity index (χ3v) is 5.63. The van der Waals surface area contributed by atoms with Gasteiger partial charge in [0.1, 0.15) is 11.5 Å². The van der Waals surface area contributed by atoms with E-state index in [0.29, 0.717) is 5.92 Å². The zero-order chi connectivity index (χ0) is 17.6. The van der Waals surface area contributed by atoms with Gasteiger partial charge in [-0.1, -0.05) is 49.4 Å². The summed E-state index contributed by atoms with van der Waals surface area (Å²) in [6.45, 7) is 4.46. The van der Waals surface area contributed by atoms with Gasteiger partial charge >= 0.3 is 0 Å². The fourth-order valence-electron chi connectivity index (χ4n) is 3.63. The molecule has 25 heavy (non-hydrogen) atoms. The summed E-state index contributed by atoms with van der Waals surface area (Å²) in [6, 6.07) is 12.3. The molecule has 0 fully saturated rings. The molecule has 126 valence electrons. The monoisotopic (exact) mass is 364 g/mol. The van der Waals surface area contributed by atoms with E-state index in [1.807, 2.05) is 24.3 Å². The van der Waals surface area contributed by atoms with Crippen molar-refractivity contribution >= 4 is 25.3 Å². The van der Waals surface area contributed by atoms with Crippen LogP contribution in [0.3, 0.4) is 0 Å². The number of hydrogen-bond acceptors (Lipinski definition) is 3. The standard InChI is InChI=1S/C22H20OS2/c1-14-4-3-5-15(7-6-14)22(2)18-10-8-16(24)12-20(18)23-21-13-17(25)9-11-19(21)22/h3-14,24-25H,1-2H3. The van der Waals surface area contributed by atoms with Gasteiger partial charge in [-0.3, -0.25) is 0 Å². The first-order valence-electron chi connectivity index (χ1n) is 8.40. The van der Waals surface area contributed by atoms with Crippen LogP contribution in [0.2, 0.25) is 0 Å². The average Bonchev–Trinajstić information content (AvgIpc) is 2.79. The van der Waals surface area contributed by atoms with E-state index < -0.39 is 0 Å². The summed E-state index contributed by atoms with van der Waals surface area (Å²) < 4.78 is 6.21. The van der Waals surface area contributed by atoms with Crippen LogP contribution in [0.25, 0.3) is 0 Å². The molecule has 0 radical (unpaired) electrons. The quantitative estimate of drug-likeness (QED) is 0.560. The van der Waals surface area contributed by atoms with Crippen LogP contribution in [0, 0.1) is 5.92 Å². The van der Waals surface area contributed by atoms with Crippen LogP contribution < -0.4 is 4.74 Å². The van der Waals surface area contributed by atoms with Crippen molar-refractivity contribution in [3.05, 3.63) is 83.5 Å². The molecule has 0 bridgehead atoms. The van der Waals surface area contributed by atoms with Gasteiger partial charge in [-0.25, -0.2) is 0 Å². The Balaban J connectivity index is 2.00. The molecule has 0 saturated carbocycles. The molecule has 1 heterocycles. The second kappa shape index (κ2) is 6.15. The van der Waals surface area contributed by atoms with Gasteiger partial charge in [0.15, 0.2) is 0 Å². The molecule has 0 aromatic heterocycles. The maximum atomic E-state index is 6.21. The van der Waals surface area contributed by atoms with Gasteiger partial charge in [0.25, 0.3) is 0 Å². The molecule has 2 aliphatic rings. The van der Waals surface area contributed by atoms with Crippen LogP contribution in [0.4, 0.5) is 0 Å². The largest absolute Gasteiger partial charge is 0.457 e. The number of ether oxygens (including phenoxy) is 1. The number of allylic oxidation sites excluding steroid dienone is 6. The van der Waals surface area contributed by atoms with E-state index in [-0.39, 0.29) is 5.41 Å². The van der Waals surface area contributed by atoms with Gasteiger partial charge in [0.2, 0.25) is 0 Å². The Hall–Kier alpha value is -1.84. The van der Waals surface area contributed by atoms with E-state index in [1.165, 1.54) is 5.57 Å². The van der Waals surface area contributed by atoms with Crippen LogP contribution in [0.5, 0.6) is 11.5 Å². The Morgan fingerprint density at radius 3 is 2.12 bits per heavy atom. The fourth-order valence-corrected chi connectivity index (χ4v) is 4.02. The first-order valence-corrected chi connectivity index (χ1v) is 9.30. The summed E-state index contributed by atoms with van der Waals surface area (Å²) in [5.74, 6) is 2.14. The van der Waals surface area contributed by atoms with Crippen LogP contribution in [-0.2, 0) is 5.41 Å². The van der Waals surface area contributed by atoms with Gasteiger partial charge in [-0.2, -0.15) is 0 Å². The molecule has 0 saturated heterocycles. The summed E-state index contributed by atoms with van der Waals surface area (Å²) in [4.78, 5) is 1.79. The summed E-state index contributed by atoms with van der Waals surface area (Å²) in [5, 5.41) is 0. The number of fused-ring (bicyclic) bond motifs is 2. The molecule has 1 unspecified atom stereocenters. The summed E-state index contributed by atoms with van der Waals surface area (Å²) in [5.41, 5.74) is 3.27. The van der Waals surface area contributed by atoms with Crippen molar-refractivity contribution in [3.8, 4) is 11.5 Å². The summed E-state index contributed by atoms with van der Waals surface area (Å²) in [6.07, 6.45) is 11.1. The molecule has 0 amide bonds. The second-order valence-corrected chi connectivity index (χ2v) is 7.85. The SMILES string of the molecule is CC1C=CC=C(C2(C)c3ccc(S)cc3Oc3cc(S)ccc32)C=C1. The van der Waals surface area contributed by atoms with E-state index in [1.54, 1.807) is 0 Å². The first-order chi connectivity index (χ1) is 12.0. The Labute approximate surface area is 159 Å². The molecule has 3 heteroatoms. The summed E-state index contributed by atoms with van der Waals surface area (Å²) >= 11 is 8.97. The molecule has 1 aliphatic carbocycles. The van der Waals surface area contributed by atoms with Gasteiger partial charge in [-0.15, -0.1) is 25.3 Å². The maximum absolute atomic E-state index is 6.21. The smallest absolute Gasteiger partial charge is 0.132 e. The number of rotatable bonds is 1. The first kappa shape index (κ1) is 16.6. The van der Waals surface area contributed by atoms with Crippen molar-refractivity contribution in [3.63, 3.8) is 0 Å². The average molecular weight is 365 g/mol. The predicted molar refractivity (Wildman–Crippen MR) is 109 cm³/mol. The zero-order valence-corrected chi connectivity index (χ0v) is 16.0. The minimum Gasteiger partial charge on any atom is -0.457 e.